The Morgan fingerprint density at radius 3 is 2.67 bits per heavy atom. The number of pyridine rings is 1. The van der Waals surface area contributed by atoms with E-state index in [0.717, 1.165) is 8.95 Å². The summed E-state index contributed by atoms with van der Waals surface area (Å²) in [4.78, 5) is 15.8. The quantitative estimate of drug-likeness (QED) is 0.767. The molecule has 92 valence electrons. The van der Waals surface area contributed by atoms with Gasteiger partial charge in [-0.3, -0.25) is 4.79 Å². The Kier molecular flexibility index (Phi) is 4.37. The summed E-state index contributed by atoms with van der Waals surface area (Å²) >= 11 is 12.4. The van der Waals surface area contributed by atoms with Crippen molar-refractivity contribution in [1.82, 2.24) is 4.98 Å². The van der Waals surface area contributed by atoms with Gasteiger partial charge >= 0.3 is 0 Å². The number of hydrogen-bond donors (Lipinski definition) is 1. The van der Waals surface area contributed by atoms with Gasteiger partial charge in [0.15, 0.2) is 0 Å². The monoisotopic (exact) mass is 388 g/mol. The topological polar surface area (TPSA) is 42.0 Å². The summed E-state index contributed by atoms with van der Waals surface area (Å²) in [6.45, 7) is 0. The van der Waals surface area contributed by atoms with Crippen LogP contribution in [0.25, 0.3) is 0 Å². The first kappa shape index (κ1) is 13.5. The van der Waals surface area contributed by atoms with Gasteiger partial charge in [-0.1, -0.05) is 27.5 Å². The fraction of sp³-hybridized carbons (Fsp3) is 0. The summed E-state index contributed by atoms with van der Waals surface area (Å²) in [6, 6.07) is 8.73. The summed E-state index contributed by atoms with van der Waals surface area (Å²) in [5, 5.41) is 3.14. The Bertz CT molecular complexity index is 587. The molecule has 2 aromatic rings. The smallest absolute Gasteiger partial charge is 0.257 e. The number of hydrogen-bond acceptors (Lipinski definition) is 2. The molecule has 1 heterocycles. The van der Waals surface area contributed by atoms with Crippen LogP contribution in [0.3, 0.4) is 0 Å². The fourth-order valence-electron chi connectivity index (χ4n) is 1.30. The minimum absolute atomic E-state index is 0.238. The van der Waals surface area contributed by atoms with E-state index < -0.39 is 0 Å². The van der Waals surface area contributed by atoms with Crippen LogP contribution in [0, 0.1) is 0 Å². The molecular formula is C12H7Br2ClN2O. The zero-order valence-electron chi connectivity index (χ0n) is 8.95. The maximum Gasteiger partial charge on any atom is 0.257 e. The van der Waals surface area contributed by atoms with Gasteiger partial charge in [0, 0.05) is 15.1 Å². The van der Waals surface area contributed by atoms with E-state index in [4.69, 9.17) is 11.6 Å². The molecule has 0 spiro atoms. The molecule has 0 unspecified atom stereocenters. The molecule has 1 amide bonds. The van der Waals surface area contributed by atoms with Gasteiger partial charge < -0.3 is 5.32 Å². The predicted molar refractivity (Wildman–Crippen MR) is 79.0 cm³/mol. The highest BCUT2D eigenvalue weighted by atomic mass is 79.9. The first-order valence-corrected chi connectivity index (χ1v) is 6.90. The van der Waals surface area contributed by atoms with Crippen LogP contribution in [0.15, 0.2) is 45.5 Å². The predicted octanol–water partition coefficient (Wildman–Crippen LogP) is 4.51. The van der Waals surface area contributed by atoms with Crippen LogP contribution >= 0.6 is 43.5 Å². The third kappa shape index (κ3) is 3.31. The highest BCUT2D eigenvalue weighted by molar-refractivity contribution is 9.11. The van der Waals surface area contributed by atoms with Gasteiger partial charge in [-0.2, -0.15) is 0 Å². The van der Waals surface area contributed by atoms with E-state index in [1.807, 2.05) is 18.2 Å². The highest BCUT2D eigenvalue weighted by Crippen LogP contribution is 2.26. The van der Waals surface area contributed by atoms with Crippen molar-refractivity contribution in [1.29, 1.82) is 0 Å². The molecule has 0 atom stereocenters. The molecule has 1 N–H and O–H groups in total. The van der Waals surface area contributed by atoms with E-state index in [1.165, 1.54) is 6.20 Å². The van der Waals surface area contributed by atoms with Gasteiger partial charge in [-0.25, -0.2) is 4.98 Å². The second kappa shape index (κ2) is 5.82. The lowest BCUT2D eigenvalue weighted by Gasteiger charge is -2.07. The SMILES string of the molecule is O=C(Nc1cc(Br)ccc1Br)c1ccc(Cl)nc1. The number of benzene rings is 1. The molecule has 0 aliphatic rings. The number of halogens is 3. The van der Waals surface area contributed by atoms with Gasteiger partial charge in [0.05, 0.1) is 11.3 Å². The molecule has 1 aromatic heterocycles. The molecule has 1 aromatic carbocycles. The van der Waals surface area contributed by atoms with E-state index in [9.17, 15) is 4.79 Å². The van der Waals surface area contributed by atoms with Gasteiger partial charge in [0.25, 0.3) is 5.91 Å². The number of nitrogens with one attached hydrogen (secondary N) is 1. The normalized spacial score (nSPS) is 10.2. The molecular weight excluding hydrogens is 383 g/mol. The average Bonchev–Trinajstić information content (AvgIpc) is 2.34. The number of rotatable bonds is 2. The highest BCUT2D eigenvalue weighted by Gasteiger charge is 2.09. The van der Waals surface area contributed by atoms with Crippen LogP contribution in [0.1, 0.15) is 10.4 Å². The number of aromatic nitrogens is 1. The summed E-state index contributed by atoms with van der Waals surface area (Å²) in [7, 11) is 0. The van der Waals surface area contributed by atoms with Crippen LogP contribution in [0.2, 0.25) is 5.15 Å². The molecule has 6 heteroatoms. The lowest BCUT2D eigenvalue weighted by Crippen LogP contribution is -2.12. The van der Waals surface area contributed by atoms with Crippen molar-refractivity contribution in [2.24, 2.45) is 0 Å². The number of carbonyl (C=O) groups excluding carboxylic acids is 1. The molecule has 0 aliphatic carbocycles. The van der Waals surface area contributed by atoms with E-state index in [1.54, 1.807) is 12.1 Å². The number of carbonyl (C=O) groups is 1. The van der Waals surface area contributed by atoms with E-state index in [0.29, 0.717) is 16.4 Å². The average molecular weight is 390 g/mol. The zero-order valence-corrected chi connectivity index (χ0v) is 12.9. The lowest BCUT2D eigenvalue weighted by molar-refractivity contribution is 0.102. The molecule has 2 rings (SSSR count). The molecule has 0 bridgehead atoms. The standard InChI is InChI=1S/C12H7Br2ClN2O/c13-8-2-3-9(14)10(5-8)17-12(18)7-1-4-11(15)16-6-7/h1-6H,(H,17,18). The molecule has 0 saturated heterocycles. The van der Waals surface area contributed by atoms with Crippen molar-refractivity contribution in [2.45, 2.75) is 0 Å². The van der Waals surface area contributed by atoms with Gasteiger partial charge in [0.1, 0.15) is 5.15 Å². The third-order valence-corrected chi connectivity index (χ3v) is 3.57. The maximum atomic E-state index is 12.0. The van der Waals surface area contributed by atoms with Crippen molar-refractivity contribution in [2.75, 3.05) is 5.32 Å². The Morgan fingerprint density at radius 1 is 1.22 bits per heavy atom. The minimum atomic E-state index is -0.238. The maximum absolute atomic E-state index is 12.0. The zero-order chi connectivity index (χ0) is 13.1. The van der Waals surface area contributed by atoms with Crippen LogP contribution in [-0.4, -0.2) is 10.9 Å². The van der Waals surface area contributed by atoms with Crippen molar-refractivity contribution in [3.05, 3.63) is 56.2 Å². The third-order valence-electron chi connectivity index (χ3n) is 2.17. The molecule has 0 fully saturated rings. The Morgan fingerprint density at radius 2 is 2.00 bits per heavy atom. The first-order chi connectivity index (χ1) is 8.56. The molecule has 3 nitrogen and oxygen atoms in total. The first-order valence-electron chi connectivity index (χ1n) is 4.94. The number of nitrogens with zero attached hydrogens (tertiary/aromatic N) is 1. The molecule has 0 radical (unpaired) electrons. The second-order valence-corrected chi connectivity index (χ2v) is 5.61. The van der Waals surface area contributed by atoms with Crippen LogP contribution in [-0.2, 0) is 0 Å². The summed E-state index contributed by atoms with van der Waals surface area (Å²) in [5.74, 6) is -0.238. The molecule has 18 heavy (non-hydrogen) atoms. The van der Waals surface area contributed by atoms with Crippen molar-refractivity contribution in [3.63, 3.8) is 0 Å². The van der Waals surface area contributed by atoms with E-state index >= 15 is 0 Å². The van der Waals surface area contributed by atoms with Gasteiger partial charge in [-0.15, -0.1) is 0 Å². The van der Waals surface area contributed by atoms with E-state index in [-0.39, 0.29) is 5.91 Å². The Hall–Kier alpha value is -0.910. The number of amides is 1. The summed E-state index contributed by atoms with van der Waals surface area (Å²) in [6.07, 6.45) is 1.43. The Labute approximate surface area is 126 Å². The van der Waals surface area contributed by atoms with Crippen LogP contribution < -0.4 is 5.32 Å². The van der Waals surface area contributed by atoms with Crippen LogP contribution in [0.5, 0.6) is 0 Å². The van der Waals surface area contributed by atoms with Gasteiger partial charge in [-0.05, 0) is 46.3 Å². The lowest BCUT2D eigenvalue weighted by atomic mass is 10.2. The second-order valence-electron chi connectivity index (χ2n) is 3.45. The molecule has 0 saturated carbocycles. The van der Waals surface area contributed by atoms with Gasteiger partial charge in [0.2, 0.25) is 0 Å². The fourth-order valence-corrected chi connectivity index (χ4v) is 2.12. The summed E-state index contributed by atoms with van der Waals surface area (Å²) < 4.78 is 1.69. The van der Waals surface area contributed by atoms with Crippen molar-refractivity contribution < 1.29 is 4.79 Å². The molecule has 0 aliphatic heterocycles. The number of anilines is 1. The Balaban J connectivity index is 2.21. The largest absolute Gasteiger partial charge is 0.321 e. The van der Waals surface area contributed by atoms with E-state index in [2.05, 4.69) is 42.2 Å². The summed E-state index contributed by atoms with van der Waals surface area (Å²) in [5.41, 5.74) is 1.13. The van der Waals surface area contributed by atoms with Crippen molar-refractivity contribution in [3.8, 4) is 0 Å². The van der Waals surface area contributed by atoms with Crippen molar-refractivity contribution >= 4 is 55.1 Å². The van der Waals surface area contributed by atoms with Crippen LogP contribution in [0.4, 0.5) is 5.69 Å². The minimum Gasteiger partial charge on any atom is -0.321 e.